The highest BCUT2D eigenvalue weighted by atomic mass is 35.5. The van der Waals surface area contributed by atoms with Gasteiger partial charge in [0.15, 0.2) is 11.0 Å². The van der Waals surface area contributed by atoms with E-state index in [1.807, 2.05) is 0 Å². The summed E-state index contributed by atoms with van der Waals surface area (Å²) in [7, 11) is 0. The summed E-state index contributed by atoms with van der Waals surface area (Å²) in [6, 6.07) is 1.48. The van der Waals surface area contributed by atoms with Crippen molar-refractivity contribution >= 4 is 17.4 Å². The Morgan fingerprint density at radius 2 is 2.30 bits per heavy atom. The Morgan fingerprint density at radius 1 is 1.60 bits per heavy atom. The Labute approximate surface area is 62.6 Å². The normalized spacial score (nSPS) is 9.80. The van der Waals surface area contributed by atoms with Crippen molar-refractivity contribution in [2.24, 2.45) is 0 Å². The third-order valence-electron chi connectivity index (χ3n) is 1.05. The molecular formula is C5H6ClN3O. The van der Waals surface area contributed by atoms with Crippen LogP contribution in [0.4, 0.5) is 5.82 Å². The minimum Gasteiger partial charge on any atom is -0.392 e. The summed E-state index contributed by atoms with van der Waals surface area (Å²) in [6.07, 6.45) is 0. The molecule has 1 aromatic rings. The summed E-state index contributed by atoms with van der Waals surface area (Å²) < 4.78 is 0. The number of halogens is 1. The number of aromatic nitrogens is 2. The molecule has 0 atom stereocenters. The second-order valence-electron chi connectivity index (χ2n) is 1.74. The molecule has 3 N–H and O–H groups in total. The van der Waals surface area contributed by atoms with Crippen LogP contribution in [0.3, 0.4) is 0 Å². The molecule has 0 spiro atoms. The number of rotatable bonds is 1. The van der Waals surface area contributed by atoms with Gasteiger partial charge in [0.25, 0.3) is 0 Å². The summed E-state index contributed by atoms with van der Waals surface area (Å²) in [5, 5.41) is 15.8. The molecule has 0 amide bonds. The Hall–Kier alpha value is -0.870. The largest absolute Gasteiger partial charge is 0.392 e. The van der Waals surface area contributed by atoms with E-state index in [1.54, 1.807) is 0 Å². The van der Waals surface area contributed by atoms with Gasteiger partial charge in [0.1, 0.15) is 0 Å². The van der Waals surface area contributed by atoms with Crippen LogP contribution < -0.4 is 5.73 Å². The van der Waals surface area contributed by atoms with Gasteiger partial charge in [0.05, 0.1) is 6.61 Å². The zero-order chi connectivity index (χ0) is 7.56. The molecule has 1 heterocycles. The number of hydrogen-bond acceptors (Lipinski definition) is 4. The van der Waals surface area contributed by atoms with E-state index in [9.17, 15) is 0 Å². The third-order valence-corrected chi connectivity index (χ3v) is 1.23. The second kappa shape index (κ2) is 2.81. The van der Waals surface area contributed by atoms with Gasteiger partial charge in [-0.3, -0.25) is 0 Å². The highest BCUT2D eigenvalue weighted by Crippen LogP contribution is 2.10. The fourth-order valence-corrected chi connectivity index (χ4v) is 0.709. The first-order chi connectivity index (χ1) is 4.74. The van der Waals surface area contributed by atoms with E-state index in [4.69, 9.17) is 22.4 Å². The van der Waals surface area contributed by atoms with Gasteiger partial charge in [-0.25, -0.2) is 0 Å². The summed E-state index contributed by atoms with van der Waals surface area (Å²) >= 11 is 5.46. The van der Waals surface area contributed by atoms with Crippen LogP contribution in [0.25, 0.3) is 0 Å². The molecule has 0 aliphatic rings. The monoisotopic (exact) mass is 159 g/mol. The van der Waals surface area contributed by atoms with E-state index >= 15 is 0 Å². The standard InChI is InChI=1S/C5H6ClN3O/c6-4-1-3(2-10)5(7)9-8-4/h1,10H,2H2,(H2,7,9). The lowest BCUT2D eigenvalue weighted by atomic mass is 10.3. The number of aliphatic hydroxyl groups is 1. The molecule has 0 fully saturated rings. The molecule has 5 heteroatoms. The quantitative estimate of drug-likeness (QED) is 0.614. The SMILES string of the molecule is Nc1nnc(Cl)cc1CO. The van der Waals surface area contributed by atoms with E-state index in [0.29, 0.717) is 5.56 Å². The number of nitrogens with two attached hydrogens (primary N) is 1. The van der Waals surface area contributed by atoms with Crippen molar-refractivity contribution in [2.75, 3.05) is 5.73 Å². The molecule has 0 saturated heterocycles. The topological polar surface area (TPSA) is 72.0 Å². The molecule has 1 rings (SSSR count). The minimum atomic E-state index is -0.166. The molecule has 0 unspecified atom stereocenters. The molecule has 54 valence electrons. The van der Waals surface area contributed by atoms with E-state index < -0.39 is 0 Å². The number of nitrogen functional groups attached to an aromatic ring is 1. The average Bonchev–Trinajstić information content (AvgIpc) is 1.94. The Kier molecular flexibility index (Phi) is 2.03. The van der Waals surface area contributed by atoms with Crippen molar-refractivity contribution in [1.29, 1.82) is 0 Å². The van der Waals surface area contributed by atoms with Crippen LogP contribution in [0, 0.1) is 0 Å². The number of nitrogens with zero attached hydrogens (tertiary/aromatic N) is 2. The maximum atomic E-state index is 8.64. The zero-order valence-corrected chi connectivity index (χ0v) is 5.84. The van der Waals surface area contributed by atoms with Crippen LogP contribution in [0.5, 0.6) is 0 Å². The maximum absolute atomic E-state index is 8.64. The summed E-state index contributed by atoms with van der Waals surface area (Å²) in [4.78, 5) is 0. The maximum Gasteiger partial charge on any atom is 0.152 e. The van der Waals surface area contributed by atoms with E-state index in [0.717, 1.165) is 0 Å². The first-order valence-electron chi connectivity index (χ1n) is 2.62. The highest BCUT2D eigenvalue weighted by Gasteiger charge is 1.99. The Bertz CT molecular complexity index is 240. The highest BCUT2D eigenvalue weighted by molar-refractivity contribution is 6.29. The molecule has 0 aliphatic heterocycles. The first-order valence-corrected chi connectivity index (χ1v) is 3.00. The molecule has 10 heavy (non-hydrogen) atoms. The van der Waals surface area contributed by atoms with Crippen molar-refractivity contribution < 1.29 is 5.11 Å². The van der Waals surface area contributed by atoms with Crippen LogP contribution in [0.15, 0.2) is 6.07 Å². The first kappa shape index (κ1) is 7.24. The zero-order valence-electron chi connectivity index (χ0n) is 5.08. The van der Waals surface area contributed by atoms with Crippen LogP contribution in [-0.2, 0) is 6.61 Å². The summed E-state index contributed by atoms with van der Waals surface area (Å²) in [6.45, 7) is -0.166. The van der Waals surface area contributed by atoms with E-state index in [2.05, 4.69) is 10.2 Å². The van der Waals surface area contributed by atoms with Gasteiger partial charge in [0, 0.05) is 5.56 Å². The van der Waals surface area contributed by atoms with E-state index in [1.165, 1.54) is 6.07 Å². The third kappa shape index (κ3) is 1.34. The molecule has 0 aliphatic carbocycles. The molecule has 0 aromatic carbocycles. The van der Waals surface area contributed by atoms with Crippen LogP contribution in [0.2, 0.25) is 5.15 Å². The molecule has 0 bridgehead atoms. The second-order valence-corrected chi connectivity index (χ2v) is 2.12. The lowest BCUT2D eigenvalue weighted by Crippen LogP contribution is -1.99. The van der Waals surface area contributed by atoms with E-state index in [-0.39, 0.29) is 17.6 Å². The Morgan fingerprint density at radius 3 is 2.80 bits per heavy atom. The van der Waals surface area contributed by atoms with Crippen molar-refractivity contribution in [3.63, 3.8) is 0 Å². The van der Waals surface area contributed by atoms with Gasteiger partial charge in [-0.05, 0) is 6.07 Å². The number of anilines is 1. The molecule has 0 saturated carbocycles. The van der Waals surface area contributed by atoms with Gasteiger partial charge in [-0.2, -0.15) is 0 Å². The fourth-order valence-electron chi connectivity index (χ4n) is 0.539. The predicted molar refractivity (Wildman–Crippen MR) is 37.4 cm³/mol. The Balaban J connectivity index is 3.09. The summed E-state index contributed by atoms with van der Waals surface area (Å²) in [5.41, 5.74) is 5.81. The van der Waals surface area contributed by atoms with Crippen LogP contribution in [0.1, 0.15) is 5.56 Å². The lowest BCUT2D eigenvalue weighted by Gasteiger charge is -1.97. The average molecular weight is 160 g/mol. The molecular weight excluding hydrogens is 154 g/mol. The van der Waals surface area contributed by atoms with Gasteiger partial charge in [0.2, 0.25) is 0 Å². The number of hydrogen-bond donors (Lipinski definition) is 2. The molecule has 1 aromatic heterocycles. The lowest BCUT2D eigenvalue weighted by molar-refractivity contribution is 0.282. The predicted octanol–water partition coefficient (Wildman–Crippen LogP) is 0.204. The smallest absolute Gasteiger partial charge is 0.152 e. The van der Waals surface area contributed by atoms with Crippen molar-refractivity contribution in [2.45, 2.75) is 6.61 Å². The van der Waals surface area contributed by atoms with Gasteiger partial charge in [-0.15, -0.1) is 10.2 Å². The van der Waals surface area contributed by atoms with Crippen molar-refractivity contribution in [3.05, 3.63) is 16.8 Å². The summed E-state index contributed by atoms with van der Waals surface area (Å²) in [5.74, 6) is 0.215. The minimum absolute atomic E-state index is 0.166. The van der Waals surface area contributed by atoms with Crippen LogP contribution in [-0.4, -0.2) is 15.3 Å². The fraction of sp³-hybridized carbons (Fsp3) is 0.200. The molecule has 0 radical (unpaired) electrons. The molecule has 4 nitrogen and oxygen atoms in total. The van der Waals surface area contributed by atoms with Gasteiger partial charge >= 0.3 is 0 Å². The van der Waals surface area contributed by atoms with Gasteiger partial charge in [-0.1, -0.05) is 11.6 Å². The van der Waals surface area contributed by atoms with Crippen LogP contribution >= 0.6 is 11.6 Å². The van der Waals surface area contributed by atoms with Crippen molar-refractivity contribution in [3.8, 4) is 0 Å². The van der Waals surface area contributed by atoms with Crippen molar-refractivity contribution in [1.82, 2.24) is 10.2 Å². The van der Waals surface area contributed by atoms with Gasteiger partial charge < -0.3 is 10.8 Å². The number of aliphatic hydroxyl groups excluding tert-OH is 1.